The van der Waals surface area contributed by atoms with Crippen molar-refractivity contribution in [2.75, 3.05) is 18.6 Å². The van der Waals surface area contributed by atoms with Crippen molar-refractivity contribution in [3.8, 4) is 5.75 Å². The Labute approximate surface area is 142 Å². The summed E-state index contributed by atoms with van der Waals surface area (Å²) in [6, 6.07) is 11.3. The summed E-state index contributed by atoms with van der Waals surface area (Å²) >= 11 is 0. The number of ether oxygens (including phenoxy) is 1. The number of carboxylic acid groups (broad SMARTS) is 1. The number of nitrogens with zero attached hydrogens (tertiary/aromatic N) is 1. The van der Waals surface area contributed by atoms with Gasteiger partial charge < -0.3 is 14.7 Å². The Morgan fingerprint density at radius 2 is 1.88 bits per heavy atom. The Balaban J connectivity index is 2.01. The van der Waals surface area contributed by atoms with Gasteiger partial charge in [0.05, 0.1) is 12.2 Å². The molecule has 0 fully saturated rings. The maximum Gasteiger partial charge on any atom is 0.335 e. The summed E-state index contributed by atoms with van der Waals surface area (Å²) in [5.74, 6) is 0.120. The van der Waals surface area contributed by atoms with Gasteiger partial charge in [-0.2, -0.15) is 0 Å². The number of rotatable bonds is 4. The second-order valence-electron chi connectivity index (χ2n) is 6.92. The number of anilines is 2. The first-order chi connectivity index (χ1) is 11.3. The summed E-state index contributed by atoms with van der Waals surface area (Å²) in [5, 5.41) is 9.04. The van der Waals surface area contributed by atoms with Crippen LogP contribution in [0.15, 0.2) is 36.4 Å². The predicted octanol–water partition coefficient (Wildman–Crippen LogP) is 4.39. The van der Waals surface area contributed by atoms with Gasteiger partial charge in [-0.3, -0.25) is 0 Å². The molecule has 1 aliphatic rings. The lowest BCUT2D eigenvalue weighted by Crippen LogP contribution is -2.19. The van der Waals surface area contributed by atoms with Crippen LogP contribution in [0.1, 0.15) is 42.3 Å². The first kappa shape index (κ1) is 16.4. The molecule has 4 nitrogen and oxygen atoms in total. The van der Waals surface area contributed by atoms with Crippen LogP contribution in [0.2, 0.25) is 0 Å². The molecule has 0 bridgehead atoms. The largest absolute Gasteiger partial charge is 0.492 e. The molecule has 0 unspecified atom stereocenters. The van der Waals surface area contributed by atoms with Gasteiger partial charge in [0.2, 0.25) is 0 Å². The average Bonchev–Trinajstić information content (AvgIpc) is 2.88. The molecule has 0 amide bonds. The van der Waals surface area contributed by atoms with Crippen LogP contribution in [-0.2, 0) is 11.8 Å². The molecule has 4 heteroatoms. The minimum absolute atomic E-state index is 0.00324. The Kier molecular flexibility index (Phi) is 3.99. The molecular weight excluding hydrogens is 302 g/mol. The van der Waals surface area contributed by atoms with E-state index in [9.17, 15) is 4.79 Å². The summed E-state index contributed by atoms with van der Waals surface area (Å²) in [6.07, 6.45) is 0.915. The second-order valence-corrected chi connectivity index (χ2v) is 6.92. The van der Waals surface area contributed by atoms with Crippen LogP contribution in [0.25, 0.3) is 0 Å². The van der Waals surface area contributed by atoms with Crippen molar-refractivity contribution in [1.29, 1.82) is 0 Å². The number of carbonyl (C=O) groups is 1. The summed E-state index contributed by atoms with van der Waals surface area (Å²) in [4.78, 5) is 13.1. The summed E-state index contributed by atoms with van der Waals surface area (Å²) < 4.78 is 5.93. The van der Waals surface area contributed by atoms with E-state index in [-0.39, 0.29) is 5.41 Å². The molecule has 1 aliphatic heterocycles. The fraction of sp³-hybridized carbons (Fsp3) is 0.350. The quantitative estimate of drug-likeness (QED) is 0.906. The zero-order valence-corrected chi connectivity index (χ0v) is 14.6. The zero-order valence-electron chi connectivity index (χ0n) is 14.6. The lowest BCUT2D eigenvalue weighted by Gasteiger charge is -2.23. The van der Waals surface area contributed by atoms with Gasteiger partial charge in [-0.1, -0.05) is 20.8 Å². The second kappa shape index (κ2) is 5.86. The summed E-state index contributed by atoms with van der Waals surface area (Å²) in [6.45, 7) is 7.24. The molecule has 0 spiro atoms. The SMILES string of the molecule is CCc1cc(N(C)c2ccc(C(=O)O)cc2)cc2c1OCC2(C)C. The molecule has 0 saturated heterocycles. The van der Waals surface area contributed by atoms with Gasteiger partial charge in [0.25, 0.3) is 0 Å². The van der Waals surface area contributed by atoms with Crippen LogP contribution in [0.4, 0.5) is 11.4 Å². The smallest absolute Gasteiger partial charge is 0.335 e. The number of aryl methyl sites for hydroxylation is 1. The van der Waals surface area contributed by atoms with Crippen molar-refractivity contribution < 1.29 is 14.6 Å². The number of fused-ring (bicyclic) bond motifs is 1. The molecule has 1 N–H and O–H groups in total. The van der Waals surface area contributed by atoms with Crippen molar-refractivity contribution in [2.24, 2.45) is 0 Å². The van der Waals surface area contributed by atoms with Crippen LogP contribution in [0.5, 0.6) is 5.75 Å². The summed E-state index contributed by atoms with van der Waals surface area (Å²) in [5.41, 5.74) is 4.80. The highest BCUT2D eigenvalue weighted by Gasteiger charge is 2.34. The molecule has 3 rings (SSSR count). The third kappa shape index (κ3) is 2.73. The van der Waals surface area contributed by atoms with E-state index in [2.05, 4.69) is 37.8 Å². The standard InChI is InChI=1S/C20H23NO3/c1-5-13-10-16(11-17-18(13)24-12-20(17,2)3)21(4)15-8-6-14(7-9-15)19(22)23/h6-11H,5,12H2,1-4H3,(H,22,23). The van der Waals surface area contributed by atoms with Gasteiger partial charge in [-0.25, -0.2) is 4.79 Å². The molecule has 0 radical (unpaired) electrons. The van der Waals surface area contributed by atoms with E-state index in [0.29, 0.717) is 12.2 Å². The number of hydrogen-bond donors (Lipinski definition) is 1. The van der Waals surface area contributed by atoms with Gasteiger partial charge in [0.1, 0.15) is 5.75 Å². The van der Waals surface area contributed by atoms with Gasteiger partial charge in [0.15, 0.2) is 0 Å². The van der Waals surface area contributed by atoms with Crippen LogP contribution in [0.3, 0.4) is 0 Å². The van der Waals surface area contributed by atoms with E-state index in [1.807, 2.05) is 19.2 Å². The Hall–Kier alpha value is -2.49. The van der Waals surface area contributed by atoms with Crippen LogP contribution in [-0.4, -0.2) is 24.7 Å². The molecular formula is C20H23NO3. The topological polar surface area (TPSA) is 49.8 Å². The molecule has 126 valence electrons. The maximum atomic E-state index is 11.0. The molecule has 24 heavy (non-hydrogen) atoms. The number of hydrogen-bond acceptors (Lipinski definition) is 3. The van der Waals surface area contributed by atoms with Gasteiger partial charge in [0, 0.05) is 29.4 Å². The molecule has 0 aromatic heterocycles. The molecule has 0 atom stereocenters. The fourth-order valence-electron chi connectivity index (χ4n) is 3.11. The van der Waals surface area contributed by atoms with Gasteiger partial charge in [-0.15, -0.1) is 0 Å². The maximum absolute atomic E-state index is 11.0. The van der Waals surface area contributed by atoms with E-state index < -0.39 is 5.97 Å². The third-order valence-electron chi connectivity index (χ3n) is 4.73. The highest BCUT2D eigenvalue weighted by Crippen LogP contribution is 2.44. The molecule has 0 aliphatic carbocycles. The highest BCUT2D eigenvalue weighted by molar-refractivity contribution is 5.88. The predicted molar refractivity (Wildman–Crippen MR) is 95.8 cm³/mol. The zero-order chi connectivity index (χ0) is 17.5. The molecule has 2 aromatic carbocycles. The van der Waals surface area contributed by atoms with E-state index in [0.717, 1.165) is 23.5 Å². The van der Waals surface area contributed by atoms with Crippen molar-refractivity contribution in [1.82, 2.24) is 0 Å². The van der Waals surface area contributed by atoms with Crippen LogP contribution >= 0.6 is 0 Å². The molecule has 0 saturated carbocycles. The minimum atomic E-state index is -0.908. The van der Waals surface area contributed by atoms with Crippen molar-refractivity contribution in [2.45, 2.75) is 32.6 Å². The van der Waals surface area contributed by atoms with Crippen molar-refractivity contribution in [3.05, 3.63) is 53.1 Å². The summed E-state index contributed by atoms with van der Waals surface area (Å²) in [7, 11) is 2.00. The van der Waals surface area contributed by atoms with E-state index >= 15 is 0 Å². The first-order valence-electron chi connectivity index (χ1n) is 8.21. The first-order valence-corrected chi connectivity index (χ1v) is 8.21. The van der Waals surface area contributed by atoms with Gasteiger partial charge >= 0.3 is 5.97 Å². The van der Waals surface area contributed by atoms with Crippen LogP contribution < -0.4 is 9.64 Å². The average molecular weight is 325 g/mol. The monoisotopic (exact) mass is 325 g/mol. The minimum Gasteiger partial charge on any atom is -0.492 e. The van der Waals surface area contributed by atoms with E-state index in [4.69, 9.17) is 9.84 Å². The lowest BCUT2D eigenvalue weighted by atomic mass is 9.85. The lowest BCUT2D eigenvalue weighted by molar-refractivity contribution is 0.0697. The van der Waals surface area contributed by atoms with E-state index in [1.165, 1.54) is 11.1 Å². The van der Waals surface area contributed by atoms with Crippen molar-refractivity contribution in [3.63, 3.8) is 0 Å². The molecule has 1 heterocycles. The molecule has 2 aromatic rings. The third-order valence-corrected chi connectivity index (χ3v) is 4.73. The van der Waals surface area contributed by atoms with Crippen molar-refractivity contribution >= 4 is 17.3 Å². The van der Waals surface area contributed by atoms with Gasteiger partial charge in [-0.05, 0) is 48.4 Å². The Morgan fingerprint density at radius 3 is 2.46 bits per heavy atom. The fourth-order valence-corrected chi connectivity index (χ4v) is 3.11. The number of carboxylic acids is 1. The number of benzene rings is 2. The Morgan fingerprint density at radius 1 is 1.21 bits per heavy atom. The normalized spacial score (nSPS) is 14.8. The highest BCUT2D eigenvalue weighted by atomic mass is 16.5. The number of aromatic carboxylic acids is 1. The van der Waals surface area contributed by atoms with Crippen LogP contribution in [0, 0.1) is 0 Å². The Bertz CT molecular complexity index is 778. The van der Waals surface area contributed by atoms with E-state index in [1.54, 1.807) is 12.1 Å².